The van der Waals surface area contributed by atoms with Crippen molar-refractivity contribution in [2.45, 2.75) is 39.0 Å². The molecule has 0 unspecified atom stereocenters. The molecule has 122 valence electrons. The number of hydrogen-bond donors (Lipinski definition) is 1. The first-order chi connectivity index (χ1) is 9.63. The van der Waals surface area contributed by atoms with E-state index in [0.29, 0.717) is 12.1 Å². The van der Waals surface area contributed by atoms with Crippen LogP contribution in [0.4, 0.5) is 4.79 Å². The Kier molecular flexibility index (Phi) is 9.22. The summed E-state index contributed by atoms with van der Waals surface area (Å²) in [6.07, 6.45) is -0.202. The molecule has 8 heteroatoms. The molecular weight excluding hydrogens is 306 g/mol. The predicted molar refractivity (Wildman–Crippen MR) is 87.8 cm³/mol. The van der Waals surface area contributed by atoms with Gasteiger partial charge in [-0.1, -0.05) is 6.58 Å². The Hall–Kier alpha value is -1.13. The molecule has 0 radical (unpaired) electrons. The smallest absolute Gasteiger partial charge is 0.407 e. The van der Waals surface area contributed by atoms with E-state index in [4.69, 9.17) is 14.0 Å². The maximum absolute atomic E-state index is 11.2. The van der Waals surface area contributed by atoms with Crippen LogP contribution in [0.3, 0.4) is 0 Å². The number of rotatable bonds is 10. The van der Waals surface area contributed by atoms with Crippen LogP contribution >= 0.6 is 0 Å². The van der Waals surface area contributed by atoms with Gasteiger partial charge in [0.15, 0.2) is 8.32 Å². The van der Waals surface area contributed by atoms with Crippen molar-refractivity contribution in [3.8, 4) is 0 Å². The zero-order valence-corrected chi connectivity index (χ0v) is 15.9. The summed E-state index contributed by atoms with van der Waals surface area (Å²) in [5, 5.41) is 9.09. The lowest BCUT2D eigenvalue weighted by Gasteiger charge is -2.20. The molecule has 0 aromatic heterocycles. The summed E-state index contributed by atoms with van der Waals surface area (Å²) in [7, 11) is -1.99. The number of amides is 1. The van der Waals surface area contributed by atoms with Crippen LogP contribution in [0.5, 0.6) is 0 Å². The van der Waals surface area contributed by atoms with E-state index >= 15 is 0 Å². The summed E-state index contributed by atoms with van der Waals surface area (Å²) in [5.74, 6) is -0.490. The summed E-state index contributed by atoms with van der Waals surface area (Å²) in [4.78, 5) is 23.6. The van der Waals surface area contributed by atoms with Crippen LogP contribution in [0.25, 0.3) is 0 Å². The summed E-state index contributed by atoms with van der Waals surface area (Å²) >= 11 is 0. The second-order valence-electron chi connectivity index (χ2n) is 5.85. The summed E-state index contributed by atoms with van der Waals surface area (Å²) < 4.78 is 10.7. The maximum Gasteiger partial charge on any atom is 0.407 e. The highest BCUT2D eigenvalue weighted by molar-refractivity contribution is 6.73. The van der Waals surface area contributed by atoms with Crippen molar-refractivity contribution in [2.75, 3.05) is 19.7 Å². The Bertz CT molecular complexity index is 368. The first-order valence-corrected chi connectivity index (χ1v) is 12.1. The normalized spacial score (nSPS) is 11.6. The van der Waals surface area contributed by atoms with E-state index in [1.54, 1.807) is 6.92 Å². The molecule has 0 saturated carbocycles. The molecule has 1 amide bonds. The number of carbonyl (C=O) groups is 2. The standard InChI is InChI=1S/C13H27NO5Si2/c1-11(2)12(15)18-9-8-14(13(16)17)7-6-10-20-19-21(3,4)5/h1,6-10,20H2,2-5H3,(H,16,17). The maximum atomic E-state index is 11.2. The van der Waals surface area contributed by atoms with Crippen molar-refractivity contribution < 1.29 is 23.5 Å². The molecule has 0 bridgehead atoms. The zero-order valence-electron chi connectivity index (χ0n) is 13.5. The van der Waals surface area contributed by atoms with E-state index in [9.17, 15) is 9.59 Å². The van der Waals surface area contributed by atoms with Crippen LogP contribution < -0.4 is 0 Å². The Morgan fingerprint density at radius 3 is 2.38 bits per heavy atom. The Balaban J connectivity index is 3.91. The van der Waals surface area contributed by atoms with Gasteiger partial charge in [0, 0.05) is 12.1 Å². The van der Waals surface area contributed by atoms with Gasteiger partial charge >= 0.3 is 12.1 Å². The van der Waals surface area contributed by atoms with Crippen LogP contribution in [-0.4, -0.2) is 59.8 Å². The first kappa shape index (κ1) is 19.9. The molecule has 0 spiro atoms. The second kappa shape index (κ2) is 9.75. The van der Waals surface area contributed by atoms with Crippen molar-refractivity contribution in [2.24, 2.45) is 0 Å². The van der Waals surface area contributed by atoms with E-state index in [-0.39, 0.29) is 13.2 Å². The van der Waals surface area contributed by atoms with Crippen LogP contribution in [0.15, 0.2) is 12.2 Å². The fourth-order valence-electron chi connectivity index (χ4n) is 1.46. The number of hydrogen-bond acceptors (Lipinski definition) is 4. The van der Waals surface area contributed by atoms with Gasteiger partial charge < -0.3 is 18.9 Å². The minimum Gasteiger partial charge on any atom is -0.465 e. The second-order valence-corrected chi connectivity index (χ2v) is 12.3. The number of esters is 1. The molecule has 0 aliphatic heterocycles. The van der Waals surface area contributed by atoms with Gasteiger partial charge in [0.2, 0.25) is 0 Å². The molecule has 0 aliphatic carbocycles. The predicted octanol–water partition coefficient (Wildman–Crippen LogP) is 1.83. The molecule has 0 fully saturated rings. The molecule has 0 aliphatic rings. The van der Waals surface area contributed by atoms with E-state index < -0.39 is 30.1 Å². The average molecular weight is 334 g/mol. The van der Waals surface area contributed by atoms with Gasteiger partial charge in [-0.2, -0.15) is 0 Å². The molecule has 0 atom stereocenters. The highest BCUT2D eigenvalue weighted by Gasteiger charge is 2.15. The van der Waals surface area contributed by atoms with Gasteiger partial charge in [-0.05, 0) is 39.0 Å². The molecule has 0 aromatic rings. The summed E-state index contributed by atoms with van der Waals surface area (Å²) in [5.41, 5.74) is 0.311. The molecule has 0 rings (SSSR count). The SMILES string of the molecule is C=C(C)C(=O)OCCN(CCC[SiH2]O[Si](C)(C)C)C(=O)O. The van der Waals surface area contributed by atoms with Crippen molar-refractivity contribution in [1.82, 2.24) is 4.90 Å². The Morgan fingerprint density at radius 1 is 1.29 bits per heavy atom. The summed E-state index contributed by atoms with van der Waals surface area (Å²) in [6.45, 7) is 12.2. The van der Waals surface area contributed by atoms with Gasteiger partial charge in [0.1, 0.15) is 16.4 Å². The third-order valence-corrected chi connectivity index (χ3v) is 7.64. The minimum atomic E-state index is -1.43. The van der Waals surface area contributed by atoms with Crippen molar-refractivity contribution >= 4 is 30.1 Å². The molecule has 0 heterocycles. The lowest BCUT2D eigenvalue weighted by atomic mass is 10.4. The van der Waals surface area contributed by atoms with Crippen molar-refractivity contribution in [1.29, 1.82) is 0 Å². The van der Waals surface area contributed by atoms with E-state index in [1.165, 1.54) is 4.90 Å². The third-order valence-electron chi connectivity index (χ3n) is 2.57. The molecular formula is C13H27NO5Si2. The lowest BCUT2D eigenvalue weighted by Crippen LogP contribution is -2.34. The van der Waals surface area contributed by atoms with Crippen LogP contribution in [0.2, 0.25) is 25.7 Å². The highest BCUT2D eigenvalue weighted by Crippen LogP contribution is 2.04. The molecule has 0 aromatic carbocycles. The Morgan fingerprint density at radius 2 is 1.90 bits per heavy atom. The molecule has 0 saturated heterocycles. The number of nitrogens with zero attached hydrogens (tertiary/aromatic N) is 1. The average Bonchev–Trinajstić information content (AvgIpc) is 2.34. The fraction of sp³-hybridized carbons (Fsp3) is 0.692. The van der Waals surface area contributed by atoms with E-state index in [2.05, 4.69) is 26.2 Å². The third kappa shape index (κ3) is 11.2. The van der Waals surface area contributed by atoms with Gasteiger partial charge in [-0.3, -0.25) is 0 Å². The topological polar surface area (TPSA) is 76.1 Å². The van der Waals surface area contributed by atoms with Gasteiger partial charge in [-0.15, -0.1) is 0 Å². The van der Waals surface area contributed by atoms with E-state index in [0.717, 1.165) is 12.5 Å². The molecule has 1 N–H and O–H groups in total. The first-order valence-electron chi connectivity index (χ1n) is 7.08. The lowest BCUT2D eigenvalue weighted by molar-refractivity contribution is -0.139. The van der Waals surface area contributed by atoms with Crippen LogP contribution in [0.1, 0.15) is 13.3 Å². The van der Waals surface area contributed by atoms with Crippen LogP contribution in [-0.2, 0) is 13.6 Å². The zero-order chi connectivity index (χ0) is 16.5. The molecule has 6 nitrogen and oxygen atoms in total. The Labute approximate surface area is 130 Å². The largest absolute Gasteiger partial charge is 0.465 e. The van der Waals surface area contributed by atoms with Gasteiger partial charge in [0.25, 0.3) is 0 Å². The monoisotopic (exact) mass is 333 g/mol. The van der Waals surface area contributed by atoms with Gasteiger partial charge in [-0.25, -0.2) is 9.59 Å². The summed E-state index contributed by atoms with van der Waals surface area (Å²) in [6, 6.07) is 0.958. The fourth-order valence-corrected chi connectivity index (χ4v) is 4.91. The van der Waals surface area contributed by atoms with E-state index in [1.807, 2.05) is 0 Å². The number of ether oxygens (including phenoxy) is 1. The number of carboxylic acid groups (broad SMARTS) is 1. The van der Waals surface area contributed by atoms with Crippen molar-refractivity contribution in [3.63, 3.8) is 0 Å². The molecule has 21 heavy (non-hydrogen) atoms. The van der Waals surface area contributed by atoms with Crippen molar-refractivity contribution in [3.05, 3.63) is 12.2 Å². The highest BCUT2D eigenvalue weighted by atomic mass is 28.4. The number of carbonyl (C=O) groups excluding carboxylic acids is 1. The minimum absolute atomic E-state index is 0.0564. The quantitative estimate of drug-likeness (QED) is 0.286. The van der Waals surface area contributed by atoms with Crippen LogP contribution in [0, 0.1) is 0 Å². The van der Waals surface area contributed by atoms with Gasteiger partial charge in [0.05, 0.1) is 6.54 Å².